The molecule has 0 unspecified atom stereocenters. The third kappa shape index (κ3) is 6.88. The summed E-state index contributed by atoms with van der Waals surface area (Å²) in [6, 6.07) is 7.92. The van der Waals surface area contributed by atoms with E-state index >= 15 is 0 Å². The highest BCUT2D eigenvalue weighted by molar-refractivity contribution is 5.98. The maximum Gasteiger partial charge on any atom is 0.257 e. The van der Waals surface area contributed by atoms with E-state index < -0.39 is 47.8 Å². The van der Waals surface area contributed by atoms with E-state index in [1.165, 1.54) is 28.4 Å². The van der Waals surface area contributed by atoms with Gasteiger partial charge in [-0.2, -0.15) is 0 Å². The lowest BCUT2D eigenvalue weighted by atomic mass is 10.00. The molecule has 0 radical (unpaired) electrons. The number of furan rings is 1. The molecule has 11 nitrogen and oxygen atoms in total. The highest BCUT2D eigenvalue weighted by atomic mass is 16.3. The van der Waals surface area contributed by atoms with E-state index in [-0.39, 0.29) is 30.5 Å². The van der Waals surface area contributed by atoms with Crippen molar-refractivity contribution in [1.29, 1.82) is 0 Å². The third-order valence-corrected chi connectivity index (χ3v) is 7.34. The number of hydrogen-bond donors (Lipinski definition) is 3. The summed E-state index contributed by atoms with van der Waals surface area (Å²) in [5.41, 5.74) is 1.18. The average molecular weight is 552 g/mol. The summed E-state index contributed by atoms with van der Waals surface area (Å²) in [5, 5.41) is 8.58. The molecule has 2 fully saturated rings. The Hall–Kier alpha value is -4.15. The standard InChI is InChI=1S/C29H37N5O6/c1-18(2)25-27(37)31-22(14-20-8-5-4-6-9-20)15-33(29(39)21-11-13-40-17-21)16-24(35)30-19(3)28(38)34-12-7-10-23(34)26(36)32-25/h4-6,8-9,11,13,17-19,22-23,25H,7,10,12,14-16H2,1-3H3,(H,30,35)(H,31,37)(H,32,36)/t19-,22-,23+,25-/m0/s1. The van der Waals surface area contributed by atoms with Crippen LogP contribution in [0.25, 0.3) is 0 Å². The first-order valence-electron chi connectivity index (χ1n) is 13.7. The molecule has 3 N–H and O–H groups in total. The Morgan fingerprint density at radius 1 is 1.02 bits per heavy atom. The molecule has 1 aromatic heterocycles. The molecular formula is C29H37N5O6. The summed E-state index contributed by atoms with van der Waals surface area (Å²) in [6.45, 7) is 5.28. The van der Waals surface area contributed by atoms with Crippen LogP contribution in [0.2, 0.25) is 0 Å². The number of benzene rings is 1. The fraction of sp³-hybridized carbons (Fsp3) is 0.483. The van der Waals surface area contributed by atoms with Crippen LogP contribution in [-0.4, -0.2) is 83.1 Å². The number of carbonyl (C=O) groups is 5. The second kappa shape index (κ2) is 12.8. The van der Waals surface area contributed by atoms with Crippen LogP contribution in [0, 0.1) is 5.92 Å². The third-order valence-electron chi connectivity index (χ3n) is 7.34. The van der Waals surface area contributed by atoms with E-state index in [0.29, 0.717) is 25.8 Å². The summed E-state index contributed by atoms with van der Waals surface area (Å²) < 4.78 is 5.09. The summed E-state index contributed by atoms with van der Waals surface area (Å²) in [7, 11) is 0. The number of nitrogens with one attached hydrogen (secondary N) is 3. The van der Waals surface area contributed by atoms with Gasteiger partial charge in [0, 0.05) is 13.1 Å². The maximum absolute atomic E-state index is 13.6. The van der Waals surface area contributed by atoms with Gasteiger partial charge in [0.25, 0.3) is 5.91 Å². The molecule has 0 aliphatic carbocycles. The summed E-state index contributed by atoms with van der Waals surface area (Å²) in [6.07, 6.45) is 4.15. The fourth-order valence-electron chi connectivity index (χ4n) is 5.26. The van der Waals surface area contributed by atoms with Gasteiger partial charge in [-0.15, -0.1) is 0 Å². The van der Waals surface area contributed by atoms with Crippen LogP contribution in [0.5, 0.6) is 0 Å². The number of hydrogen-bond acceptors (Lipinski definition) is 6. The van der Waals surface area contributed by atoms with Gasteiger partial charge in [-0.1, -0.05) is 44.2 Å². The number of rotatable bonds is 4. The summed E-state index contributed by atoms with van der Waals surface area (Å²) >= 11 is 0. The van der Waals surface area contributed by atoms with Crippen molar-refractivity contribution in [3.8, 4) is 0 Å². The van der Waals surface area contributed by atoms with Crippen molar-refractivity contribution < 1.29 is 28.4 Å². The minimum atomic E-state index is -0.905. The van der Waals surface area contributed by atoms with Crippen LogP contribution in [-0.2, 0) is 25.6 Å². The zero-order valence-electron chi connectivity index (χ0n) is 23.1. The van der Waals surface area contributed by atoms with Gasteiger partial charge in [-0.25, -0.2) is 0 Å². The number of carbonyl (C=O) groups excluding carboxylic acids is 5. The van der Waals surface area contributed by atoms with Crippen LogP contribution in [0.4, 0.5) is 0 Å². The Bertz CT molecular complexity index is 1210. The van der Waals surface area contributed by atoms with Gasteiger partial charge in [0.05, 0.1) is 24.4 Å². The van der Waals surface area contributed by atoms with E-state index in [9.17, 15) is 24.0 Å². The first-order chi connectivity index (χ1) is 19.1. The molecule has 4 rings (SSSR count). The predicted molar refractivity (Wildman–Crippen MR) is 146 cm³/mol. The molecule has 3 heterocycles. The first kappa shape index (κ1) is 28.8. The van der Waals surface area contributed by atoms with Crippen LogP contribution in [0.1, 0.15) is 49.5 Å². The van der Waals surface area contributed by atoms with Crippen LogP contribution in [0.15, 0.2) is 53.3 Å². The van der Waals surface area contributed by atoms with Gasteiger partial charge in [-0.05, 0) is 43.7 Å². The van der Waals surface area contributed by atoms with Crippen LogP contribution >= 0.6 is 0 Å². The van der Waals surface area contributed by atoms with E-state index in [4.69, 9.17) is 4.42 Å². The largest absolute Gasteiger partial charge is 0.472 e. The fourth-order valence-corrected chi connectivity index (χ4v) is 5.26. The monoisotopic (exact) mass is 551 g/mol. The van der Waals surface area contributed by atoms with Crippen molar-refractivity contribution in [2.75, 3.05) is 19.6 Å². The molecule has 40 heavy (non-hydrogen) atoms. The molecule has 5 amide bonds. The molecule has 214 valence electrons. The SMILES string of the molecule is CC(C)[C@@H]1NC(=O)[C@H]2CCCN2C(=O)[C@H](C)NC(=O)CN(C(=O)c2ccoc2)C[C@H](Cc2ccccc2)NC1=O. The first-order valence-corrected chi connectivity index (χ1v) is 13.7. The van der Waals surface area contributed by atoms with Gasteiger partial charge in [0.1, 0.15) is 24.4 Å². The van der Waals surface area contributed by atoms with Crippen molar-refractivity contribution in [3.05, 3.63) is 60.1 Å². The van der Waals surface area contributed by atoms with Crippen molar-refractivity contribution in [1.82, 2.24) is 25.8 Å². The Balaban J connectivity index is 1.70. The lowest BCUT2D eigenvalue weighted by Crippen LogP contribution is -2.58. The molecule has 2 aliphatic heterocycles. The van der Waals surface area contributed by atoms with Gasteiger partial charge in [0.15, 0.2) is 0 Å². The van der Waals surface area contributed by atoms with Crippen molar-refractivity contribution in [2.45, 2.75) is 64.2 Å². The topological polar surface area (TPSA) is 141 Å². The van der Waals surface area contributed by atoms with Gasteiger partial charge in [0.2, 0.25) is 23.6 Å². The van der Waals surface area contributed by atoms with E-state index in [1.807, 2.05) is 44.2 Å². The maximum atomic E-state index is 13.6. The van der Waals surface area contributed by atoms with Gasteiger partial charge >= 0.3 is 0 Å². The Morgan fingerprint density at radius 3 is 2.45 bits per heavy atom. The Morgan fingerprint density at radius 2 is 1.77 bits per heavy atom. The summed E-state index contributed by atoms with van der Waals surface area (Å²) in [4.78, 5) is 69.5. The van der Waals surface area contributed by atoms with E-state index in [1.54, 1.807) is 6.92 Å². The molecule has 2 aromatic rings. The second-order valence-electron chi connectivity index (χ2n) is 10.8. The lowest BCUT2D eigenvalue weighted by molar-refractivity contribution is -0.142. The molecule has 2 aliphatic rings. The van der Waals surface area contributed by atoms with Crippen LogP contribution in [0.3, 0.4) is 0 Å². The zero-order valence-corrected chi connectivity index (χ0v) is 23.1. The molecular weight excluding hydrogens is 514 g/mol. The van der Waals surface area contributed by atoms with Gasteiger partial charge < -0.3 is 30.2 Å². The normalized spacial score (nSPS) is 25.0. The van der Waals surface area contributed by atoms with Crippen molar-refractivity contribution in [2.24, 2.45) is 5.92 Å². The predicted octanol–water partition coefficient (Wildman–Crippen LogP) is 1.10. The van der Waals surface area contributed by atoms with Gasteiger partial charge in [-0.3, -0.25) is 24.0 Å². The molecule has 4 atom stereocenters. The molecule has 2 saturated heterocycles. The molecule has 11 heteroatoms. The lowest BCUT2D eigenvalue weighted by Gasteiger charge is -2.30. The molecule has 0 bridgehead atoms. The summed E-state index contributed by atoms with van der Waals surface area (Å²) in [5.74, 6) is -2.41. The Labute approximate surface area is 233 Å². The number of nitrogens with zero attached hydrogens (tertiary/aromatic N) is 2. The Kier molecular flexibility index (Phi) is 9.23. The smallest absolute Gasteiger partial charge is 0.257 e. The van der Waals surface area contributed by atoms with E-state index in [2.05, 4.69) is 16.0 Å². The molecule has 0 saturated carbocycles. The quantitative estimate of drug-likeness (QED) is 0.520. The minimum absolute atomic E-state index is 0.00784. The highest BCUT2D eigenvalue weighted by Gasteiger charge is 2.39. The second-order valence-corrected chi connectivity index (χ2v) is 10.8. The van der Waals surface area contributed by atoms with Crippen molar-refractivity contribution in [3.63, 3.8) is 0 Å². The van der Waals surface area contributed by atoms with Crippen LogP contribution < -0.4 is 16.0 Å². The number of amides is 5. The minimum Gasteiger partial charge on any atom is -0.472 e. The average Bonchev–Trinajstić information content (AvgIpc) is 3.63. The zero-order chi connectivity index (χ0) is 28.8. The molecule has 0 spiro atoms. The van der Waals surface area contributed by atoms with E-state index in [0.717, 1.165) is 5.56 Å². The van der Waals surface area contributed by atoms with Crippen molar-refractivity contribution >= 4 is 29.5 Å². The highest BCUT2D eigenvalue weighted by Crippen LogP contribution is 2.20. The molecule has 1 aromatic carbocycles. The number of fused-ring (bicyclic) bond motifs is 1.